The van der Waals surface area contributed by atoms with E-state index < -0.39 is 5.60 Å². The number of rotatable bonds is 6. The van der Waals surface area contributed by atoms with E-state index in [0.717, 1.165) is 16.8 Å². The number of aliphatic hydroxyl groups is 2. The van der Waals surface area contributed by atoms with Crippen LogP contribution in [-0.4, -0.2) is 102 Å². The lowest BCUT2D eigenvalue weighted by Crippen LogP contribution is -2.57. The molecular formula is C26H32N6O5. The van der Waals surface area contributed by atoms with Gasteiger partial charge in [-0.15, -0.1) is 0 Å². The summed E-state index contributed by atoms with van der Waals surface area (Å²) in [6, 6.07) is 11.3. The van der Waals surface area contributed by atoms with E-state index in [-0.39, 0.29) is 31.7 Å². The summed E-state index contributed by atoms with van der Waals surface area (Å²) in [4.78, 5) is 31.0. The number of nitrogens with zero attached hydrogens (tertiary/aromatic N) is 5. The Morgan fingerprint density at radius 3 is 2.73 bits per heavy atom. The summed E-state index contributed by atoms with van der Waals surface area (Å²) in [6.45, 7) is 4.42. The minimum atomic E-state index is -1.08. The average molecular weight is 509 g/mol. The number of carbonyl (C=O) groups is 1. The van der Waals surface area contributed by atoms with Crippen molar-refractivity contribution in [1.82, 2.24) is 20.3 Å². The van der Waals surface area contributed by atoms with E-state index in [9.17, 15) is 15.0 Å². The Balaban J connectivity index is 1.61. The average Bonchev–Trinajstić information content (AvgIpc) is 2.96. The monoisotopic (exact) mass is 508 g/mol. The summed E-state index contributed by atoms with van der Waals surface area (Å²) in [6.07, 6.45) is 0. The second-order valence-electron chi connectivity index (χ2n) is 9.46. The van der Waals surface area contributed by atoms with Crippen LogP contribution in [0.5, 0.6) is 0 Å². The number of aliphatic hydroxyl groups excluding tert-OH is 2. The van der Waals surface area contributed by atoms with Gasteiger partial charge < -0.3 is 34.8 Å². The van der Waals surface area contributed by atoms with Crippen molar-refractivity contribution in [3.63, 3.8) is 0 Å². The zero-order chi connectivity index (χ0) is 26.0. The van der Waals surface area contributed by atoms with E-state index in [0.29, 0.717) is 55.8 Å². The highest BCUT2D eigenvalue weighted by atomic mass is 16.5. The molecule has 0 spiro atoms. The van der Waals surface area contributed by atoms with Crippen LogP contribution in [0.15, 0.2) is 36.4 Å². The first-order chi connectivity index (χ1) is 18.0. The largest absolute Gasteiger partial charge is 0.393 e. The van der Waals surface area contributed by atoms with Crippen LogP contribution < -0.4 is 15.1 Å². The van der Waals surface area contributed by atoms with Crippen LogP contribution in [0.3, 0.4) is 0 Å². The fourth-order valence-corrected chi connectivity index (χ4v) is 4.77. The number of hydrogen-bond acceptors (Lipinski definition) is 10. The predicted molar refractivity (Wildman–Crippen MR) is 139 cm³/mol. The zero-order valence-electron chi connectivity index (χ0n) is 21.1. The van der Waals surface area contributed by atoms with Crippen molar-refractivity contribution in [2.45, 2.75) is 18.6 Å². The van der Waals surface area contributed by atoms with Crippen LogP contribution in [0.1, 0.15) is 17.3 Å². The van der Waals surface area contributed by atoms with E-state index in [2.05, 4.69) is 17.1 Å². The summed E-state index contributed by atoms with van der Waals surface area (Å²) >= 11 is 0. The number of pyridine rings is 1. The third-order valence-corrected chi connectivity index (χ3v) is 6.92. The van der Waals surface area contributed by atoms with Gasteiger partial charge in [0.25, 0.3) is 5.91 Å². The third-order valence-electron chi connectivity index (χ3n) is 6.92. The maximum Gasteiger partial charge on any atom is 0.251 e. The number of fused-ring (bicyclic) bond motifs is 1. The van der Waals surface area contributed by atoms with Gasteiger partial charge >= 0.3 is 0 Å². The lowest BCUT2D eigenvalue weighted by Gasteiger charge is -2.41. The SMILES string of the molecule is CNC(=O)c1cccc(-c2ccc3c(N4CCOC[C@@H]4C)nc(N4CCOC(CO)(CO)C4)nc3n2)c1. The van der Waals surface area contributed by atoms with Gasteiger partial charge in [0.2, 0.25) is 5.95 Å². The molecule has 11 heteroatoms. The molecule has 1 amide bonds. The molecule has 2 aromatic heterocycles. The molecule has 2 fully saturated rings. The quantitative estimate of drug-likeness (QED) is 0.440. The number of benzene rings is 1. The Bertz CT molecular complexity index is 1280. The summed E-state index contributed by atoms with van der Waals surface area (Å²) in [5, 5.41) is 23.3. The van der Waals surface area contributed by atoms with Crippen molar-refractivity contribution >= 4 is 28.7 Å². The first-order valence-corrected chi connectivity index (χ1v) is 12.4. The van der Waals surface area contributed by atoms with Gasteiger partial charge in [0.05, 0.1) is 56.7 Å². The Morgan fingerprint density at radius 2 is 1.97 bits per heavy atom. The summed E-state index contributed by atoms with van der Waals surface area (Å²) in [5.41, 5.74) is 1.47. The number of amides is 1. The Morgan fingerprint density at radius 1 is 1.14 bits per heavy atom. The molecule has 0 radical (unpaired) electrons. The molecule has 3 aromatic rings. The van der Waals surface area contributed by atoms with Crippen LogP contribution in [0.4, 0.5) is 11.8 Å². The fraction of sp³-hybridized carbons (Fsp3) is 0.462. The molecule has 2 aliphatic rings. The fourth-order valence-electron chi connectivity index (χ4n) is 4.77. The van der Waals surface area contributed by atoms with Gasteiger partial charge in [-0.2, -0.15) is 9.97 Å². The standard InChI is InChI=1S/C26H32N6O5/c1-17-13-36-10-9-32(17)23-20-6-7-21(18-4-3-5-19(12-18)24(35)27-2)28-22(20)29-25(30-23)31-8-11-37-26(14-31,15-33)16-34/h3-7,12,17,33-34H,8-11,13-16H2,1-2H3,(H,27,35)/t17-/m0/s1. The molecule has 0 saturated carbocycles. The van der Waals surface area contributed by atoms with E-state index in [1.54, 1.807) is 19.2 Å². The predicted octanol–water partition coefficient (Wildman–Crippen LogP) is 0.837. The van der Waals surface area contributed by atoms with Crippen molar-refractivity contribution in [3.05, 3.63) is 42.0 Å². The van der Waals surface area contributed by atoms with Crippen molar-refractivity contribution in [2.24, 2.45) is 0 Å². The Hall–Kier alpha value is -3.38. The van der Waals surface area contributed by atoms with Crippen LogP contribution in [0, 0.1) is 0 Å². The molecule has 11 nitrogen and oxygen atoms in total. The Kier molecular flexibility index (Phi) is 7.20. The van der Waals surface area contributed by atoms with Crippen molar-refractivity contribution in [1.29, 1.82) is 0 Å². The summed E-state index contributed by atoms with van der Waals surface area (Å²) in [5.74, 6) is 1.05. The normalized spacial score (nSPS) is 19.7. The Labute approximate surface area is 215 Å². The van der Waals surface area contributed by atoms with Gasteiger partial charge in [0.1, 0.15) is 11.4 Å². The smallest absolute Gasteiger partial charge is 0.251 e. The van der Waals surface area contributed by atoms with Crippen LogP contribution in [0.25, 0.3) is 22.3 Å². The van der Waals surface area contributed by atoms with Crippen LogP contribution in [-0.2, 0) is 9.47 Å². The van der Waals surface area contributed by atoms with Crippen LogP contribution >= 0.6 is 0 Å². The van der Waals surface area contributed by atoms with E-state index >= 15 is 0 Å². The van der Waals surface area contributed by atoms with Crippen molar-refractivity contribution in [2.75, 3.05) is 69.5 Å². The van der Waals surface area contributed by atoms with Crippen molar-refractivity contribution < 1.29 is 24.5 Å². The maximum absolute atomic E-state index is 12.2. The number of ether oxygens (including phenoxy) is 2. The van der Waals surface area contributed by atoms with Gasteiger partial charge in [-0.3, -0.25) is 4.79 Å². The van der Waals surface area contributed by atoms with Crippen LogP contribution in [0.2, 0.25) is 0 Å². The molecule has 4 heterocycles. The van der Waals surface area contributed by atoms with Crippen molar-refractivity contribution in [3.8, 4) is 11.3 Å². The highest BCUT2D eigenvalue weighted by Gasteiger charge is 2.37. The number of aromatic nitrogens is 3. The summed E-state index contributed by atoms with van der Waals surface area (Å²) in [7, 11) is 1.60. The molecule has 196 valence electrons. The number of nitrogens with one attached hydrogen (secondary N) is 1. The molecule has 0 unspecified atom stereocenters. The van der Waals surface area contributed by atoms with Gasteiger partial charge in [0.15, 0.2) is 5.65 Å². The molecule has 1 aromatic carbocycles. The van der Waals surface area contributed by atoms with E-state index in [4.69, 9.17) is 24.4 Å². The number of carbonyl (C=O) groups excluding carboxylic acids is 1. The molecule has 5 rings (SSSR count). The topological polar surface area (TPSA) is 133 Å². The molecule has 0 bridgehead atoms. The number of morpholine rings is 2. The maximum atomic E-state index is 12.2. The second-order valence-corrected chi connectivity index (χ2v) is 9.46. The van der Waals surface area contributed by atoms with Gasteiger partial charge in [0, 0.05) is 31.3 Å². The molecule has 37 heavy (non-hydrogen) atoms. The lowest BCUT2D eigenvalue weighted by molar-refractivity contribution is -0.114. The zero-order valence-corrected chi connectivity index (χ0v) is 21.1. The van der Waals surface area contributed by atoms with Gasteiger partial charge in [-0.05, 0) is 31.2 Å². The number of hydrogen-bond donors (Lipinski definition) is 3. The summed E-state index contributed by atoms with van der Waals surface area (Å²) < 4.78 is 11.4. The van der Waals surface area contributed by atoms with Gasteiger partial charge in [-0.25, -0.2) is 4.98 Å². The third kappa shape index (κ3) is 4.95. The minimum Gasteiger partial charge on any atom is -0.393 e. The molecule has 2 saturated heterocycles. The molecule has 2 aliphatic heterocycles. The number of anilines is 2. The van der Waals surface area contributed by atoms with Gasteiger partial charge in [-0.1, -0.05) is 12.1 Å². The molecule has 1 atom stereocenters. The highest BCUT2D eigenvalue weighted by molar-refractivity contribution is 5.95. The first kappa shape index (κ1) is 25.3. The van der Waals surface area contributed by atoms with E-state index in [1.807, 2.05) is 29.2 Å². The second kappa shape index (κ2) is 10.5. The molecular weight excluding hydrogens is 476 g/mol. The molecule has 3 N–H and O–H groups in total. The first-order valence-electron chi connectivity index (χ1n) is 12.4. The van der Waals surface area contributed by atoms with E-state index in [1.165, 1.54) is 0 Å². The lowest BCUT2D eigenvalue weighted by atomic mass is 10.0. The minimum absolute atomic E-state index is 0.113. The highest BCUT2D eigenvalue weighted by Crippen LogP contribution is 2.32. The molecule has 0 aliphatic carbocycles.